The summed E-state index contributed by atoms with van der Waals surface area (Å²) >= 11 is 0. The normalized spacial score (nSPS) is 52.8. The number of nitrogens with one attached hydrogen (secondary N) is 1. The molecule has 3 N–H and O–H groups in total. The van der Waals surface area contributed by atoms with E-state index in [1.165, 1.54) is 12.8 Å². The molecule has 0 aromatic heterocycles. The Morgan fingerprint density at radius 1 is 1.05 bits per heavy atom. The number of rotatable bonds is 4. The molecule has 0 bridgehead atoms. The van der Waals surface area contributed by atoms with Crippen LogP contribution >= 0.6 is 0 Å². The third kappa shape index (κ3) is 3.89. The molecular formula is C36H60N2O5. The van der Waals surface area contributed by atoms with E-state index >= 15 is 0 Å². The zero-order valence-electron chi connectivity index (χ0n) is 28.4. The molecule has 2 heterocycles. The van der Waals surface area contributed by atoms with Gasteiger partial charge in [0.25, 0.3) is 0 Å². The molecule has 7 fully saturated rings. The molecule has 5 saturated carbocycles. The van der Waals surface area contributed by atoms with Crippen molar-refractivity contribution in [2.75, 3.05) is 20.1 Å². The van der Waals surface area contributed by atoms with E-state index in [9.17, 15) is 15.0 Å². The number of nitrogens with zero attached hydrogens (tertiary/aromatic N) is 1. The molecule has 7 aliphatic rings. The third-order valence-corrected chi connectivity index (χ3v) is 16.1. The average molecular weight is 601 g/mol. The highest BCUT2D eigenvalue weighted by Gasteiger charge is 2.84. The van der Waals surface area contributed by atoms with Crippen LogP contribution in [0.1, 0.15) is 107 Å². The Morgan fingerprint density at radius 3 is 2.35 bits per heavy atom. The second-order valence-corrected chi connectivity index (χ2v) is 18.5. The van der Waals surface area contributed by atoms with Gasteiger partial charge in [-0.2, -0.15) is 0 Å². The highest BCUT2D eigenvalue weighted by molar-refractivity contribution is 5.68. The molecular weight excluding hydrogens is 540 g/mol. The summed E-state index contributed by atoms with van der Waals surface area (Å²) in [4.78, 5) is 15.1. The number of amides is 1. The first kappa shape index (κ1) is 30.7. The fourth-order valence-corrected chi connectivity index (χ4v) is 13.4. The van der Waals surface area contributed by atoms with Crippen molar-refractivity contribution in [3.8, 4) is 0 Å². The number of hydrogen-bond donors (Lipinski definition) is 3. The van der Waals surface area contributed by atoms with E-state index in [2.05, 4.69) is 58.8 Å². The molecule has 2 saturated heterocycles. The van der Waals surface area contributed by atoms with E-state index in [0.717, 1.165) is 51.6 Å². The first-order chi connectivity index (χ1) is 19.9. The van der Waals surface area contributed by atoms with Gasteiger partial charge in [-0.1, -0.05) is 41.5 Å². The highest BCUT2D eigenvalue weighted by atomic mass is 16.6. The number of ether oxygens (including phenoxy) is 2. The van der Waals surface area contributed by atoms with Gasteiger partial charge >= 0.3 is 6.09 Å². The van der Waals surface area contributed by atoms with Crippen molar-refractivity contribution in [2.45, 2.75) is 143 Å². The summed E-state index contributed by atoms with van der Waals surface area (Å²) in [7, 11) is 2.07. The fourth-order valence-electron chi connectivity index (χ4n) is 13.4. The quantitative estimate of drug-likeness (QED) is 0.388. The summed E-state index contributed by atoms with van der Waals surface area (Å²) in [5, 5.41) is 26.4. The molecule has 2 spiro atoms. The van der Waals surface area contributed by atoms with Gasteiger partial charge in [0.1, 0.15) is 6.10 Å². The maximum Gasteiger partial charge on any atom is 0.407 e. The number of likely N-dealkylation sites (N-methyl/N-ethyl adjacent to an activating group) is 1. The van der Waals surface area contributed by atoms with Crippen LogP contribution in [0.2, 0.25) is 0 Å². The molecule has 244 valence electrons. The smallest absolute Gasteiger partial charge is 0.407 e. The van der Waals surface area contributed by atoms with Crippen molar-refractivity contribution < 1.29 is 24.5 Å². The Balaban J connectivity index is 1.13. The molecule has 5 aliphatic carbocycles. The van der Waals surface area contributed by atoms with Crippen LogP contribution in [0, 0.1) is 56.7 Å². The highest BCUT2D eigenvalue weighted by Crippen LogP contribution is 2.89. The number of carbonyl (C=O) groups is 1. The molecule has 7 heteroatoms. The minimum Gasteiger partial charge on any atom is -0.446 e. The largest absolute Gasteiger partial charge is 0.446 e. The van der Waals surface area contributed by atoms with E-state index in [1.807, 2.05) is 13.8 Å². The van der Waals surface area contributed by atoms with E-state index in [-0.39, 0.29) is 58.0 Å². The van der Waals surface area contributed by atoms with Crippen LogP contribution in [0.4, 0.5) is 4.79 Å². The van der Waals surface area contributed by atoms with E-state index in [0.29, 0.717) is 29.1 Å². The zero-order valence-corrected chi connectivity index (χ0v) is 28.4. The summed E-state index contributed by atoms with van der Waals surface area (Å²) in [5.41, 5.74) is -0.451. The Bertz CT molecular complexity index is 1150. The standard InChI is InChI=1S/C36H60N2O5/c1-20-16-23(21(2)32(5,6)41)42-28-27(20)33(7)14-15-36-19-35(36)13-12-26(43-30(40)37-22-17-38(9)18-22)31(3,4)24(35)10-11-25(36)34(33,8)29(28)39/h20-29,39,41H,10-19H2,1-9H3,(H,37,40)/t20-,21+,23-,24+,25+,26+,27+,28+,29+,33-,34-,35-,36+/m1/s1. The number of hydrogen-bond acceptors (Lipinski definition) is 6. The van der Waals surface area contributed by atoms with Crippen molar-refractivity contribution in [3.05, 3.63) is 0 Å². The minimum absolute atomic E-state index is 0.0107. The molecule has 2 aliphatic heterocycles. The van der Waals surface area contributed by atoms with Crippen LogP contribution in [-0.2, 0) is 9.47 Å². The monoisotopic (exact) mass is 600 g/mol. The number of aliphatic hydroxyl groups excluding tert-OH is 1. The topological polar surface area (TPSA) is 91.3 Å². The average Bonchev–Trinajstić information content (AvgIpc) is 3.53. The number of fused-ring (bicyclic) bond motifs is 4. The Morgan fingerprint density at radius 2 is 1.70 bits per heavy atom. The van der Waals surface area contributed by atoms with Crippen molar-refractivity contribution in [1.29, 1.82) is 0 Å². The Labute approximate surface area is 260 Å². The van der Waals surface area contributed by atoms with E-state index in [1.54, 1.807) is 0 Å². The maximum atomic E-state index is 12.9. The molecule has 13 atom stereocenters. The lowest BCUT2D eigenvalue weighted by Crippen LogP contribution is -2.61. The van der Waals surface area contributed by atoms with Gasteiger partial charge in [-0.25, -0.2) is 4.79 Å². The van der Waals surface area contributed by atoms with Crippen LogP contribution in [-0.4, -0.2) is 77.4 Å². The second-order valence-electron chi connectivity index (χ2n) is 18.5. The lowest BCUT2D eigenvalue weighted by atomic mass is 9.41. The van der Waals surface area contributed by atoms with Gasteiger partial charge in [0.15, 0.2) is 0 Å². The lowest BCUT2D eigenvalue weighted by molar-refractivity contribution is -0.184. The van der Waals surface area contributed by atoms with Gasteiger partial charge in [0.05, 0.1) is 30.0 Å². The van der Waals surface area contributed by atoms with Gasteiger partial charge in [-0.05, 0) is 112 Å². The number of alkyl carbamates (subject to hydrolysis) is 1. The van der Waals surface area contributed by atoms with Crippen molar-refractivity contribution in [3.63, 3.8) is 0 Å². The maximum absolute atomic E-state index is 12.9. The first-order valence-corrected chi connectivity index (χ1v) is 17.6. The number of likely N-dealkylation sites (tertiary alicyclic amines) is 1. The van der Waals surface area contributed by atoms with E-state index < -0.39 is 11.7 Å². The van der Waals surface area contributed by atoms with Gasteiger partial charge < -0.3 is 29.9 Å². The second kappa shape index (κ2) is 9.35. The first-order valence-electron chi connectivity index (χ1n) is 17.6. The van der Waals surface area contributed by atoms with Gasteiger partial charge in [-0.15, -0.1) is 0 Å². The van der Waals surface area contributed by atoms with Gasteiger partial charge in [0.2, 0.25) is 0 Å². The van der Waals surface area contributed by atoms with Crippen LogP contribution in [0.5, 0.6) is 0 Å². The molecule has 0 aromatic carbocycles. The third-order valence-electron chi connectivity index (χ3n) is 16.1. The van der Waals surface area contributed by atoms with Crippen molar-refractivity contribution >= 4 is 6.09 Å². The predicted molar refractivity (Wildman–Crippen MR) is 166 cm³/mol. The molecule has 7 nitrogen and oxygen atoms in total. The zero-order chi connectivity index (χ0) is 31.1. The number of carbonyl (C=O) groups excluding carboxylic acids is 1. The molecule has 43 heavy (non-hydrogen) atoms. The lowest BCUT2D eigenvalue weighted by Gasteiger charge is -2.63. The Kier molecular flexibility index (Phi) is 6.68. The van der Waals surface area contributed by atoms with Crippen molar-refractivity contribution in [2.24, 2.45) is 56.7 Å². The summed E-state index contributed by atoms with van der Waals surface area (Å²) in [6.07, 6.45) is 8.03. The molecule has 1 amide bonds. The van der Waals surface area contributed by atoms with Crippen molar-refractivity contribution in [1.82, 2.24) is 10.2 Å². The van der Waals surface area contributed by atoms with Gasteiger partial charge in [0, 0.05) is 29.8 Å². The van der Waals surface area contributed by atoms with Crippen LogP contribution in [0.15, 0.2) is 0 Å². The summed E-state index contributed by atoms with van der Waals surface area (Å²) < 4.78 is 13.1. The fraction of sp³-hybridized carbons (Fsp3) is 0.972. The molecule has 0 unspecified atom stereocenters. The summed E-state index contributed by atoms with van der Waals surface area (Å²) in [6, 6.07) is 0.205. The van der Waals surface area contributed by atoms with Crippen LogP contribution < -0.4 is 5.32 Å². The molecule has 7 rings (SSSR count). The number of aliphatic hydroxyl groups is 2. The van der Waals surface area contributed by atoms with E-state index in [4.69, 9.17) is 9.47 Å². The summed E-state index contributed by atoms with van der Waals surface area (Å²) in [5.74, 6) is 1.84. The molecule has 0 radical (unpaired) electrons. The van der Waals surface area contributed by atoms with Crippen LogP contribution in [0.25, 0.3) is 0 Å². The minimum atomic E-state index is -0.811. The van der Waals surface area contributed by atoms with Gasteiger partial charge in [-0.3, -0.25) is 0 Å². The summed E-state index contributed by atoms with van der Waals surface area (Å²) in [6.45, 7) is 19.7. The Hall–Kier alpha value is -0.890. The predicted octanol–water partition coefficient (Wildman–Crippen LogP) is 5.62. The SMILES string of the molecule is C[C@@H]1C[C@H]([C@H](C)C(C)(C)O)O[C@H]2[C@H]1[C@@]1(C)CC[C@@]34C[C@@]35CC[C@H](OC(=O)NC3CN(C)C3)C(C)(C)[C@@H]5CC[C@H]4[C@]1(C)[C@H]2O. The molecule has 0 aromatic rings. The van der Waals surface area contributed by atoms with Crippen LogP contribution in [0.3, 0.4) is 0 Å².